The first-order chi connectivity index (χ1) is 8.97. The van der Waals surface area contributed by atoms with Crippen LogP contribution >= 0.6 is 34.5 Å². The van der Waals surface area contributed by atoms with Gasteiger partial charge in [-0.15, -0.1) is 11.3 Å². The topological polar surface area (TPSA) is 66.4 Å². The zero-order valence-corrected chi connectivity index (χ0v) is 11.6. The van der Waals surface area contributed by atoms with Gasteiger partial charge in [0.05, 0.1) is 15.6 Å². The van der Waals surface area contributed by atoms with Gasteiger partial charge in [0.25, 0.3) is 5.91 Å². The molecule has 0 aliphatic rings. The van der Waals surface area contributed by atoms with Gasteiger partial charge in [0.2, 0.25) is 0 Å². The SMILES string of the molecule is O=C(O)c1ccc(NC(=O)c2ccc(Cl)cc2Cl)s1. The summed E-state index contributed by atoms with van der Waals surface area (Å²) in [5, 5.41) is 12.5. The van der Waals surface area contributed by atoms with Crippen molar-refractivity contribution in [2.45, 2.75) is 0 Å². The summed E-state index contributed by atoms with van der Waals surface area (Å²) in [6.07, 6.45) is 0. The number of halogens is 2. The van der Waals surface area contributed by atoms with Crippen LogP contribution in [0.3, 0.4) is 0 Å². The molecule has 0 unspecified atom stereocenters. The van der Waals surface area contributed by atoms with E-state index in [2.05, 4.69) is 5.32 Å². The average molecular weight is 316 g/mol. The number of carbonyl (C=O) groups excluding carboxylic acids is 1. The second-order valence-corrected chi connectivity index (χ2v) is 5.47. The summed E-state index contributed by atoms with van der Waals surface area (Å²) in [7, 11) is 0. The number of hydrogen-bond donors (Lipinski definition) is 2. The van der Waals surface area contributed by atoms with E-state index in [4.69, 9.17) is 28.3 Å². The van der Waals surface area contributed by atoms with Crippen molar-refractivity contribution in [3.05, 3.63) is 50.8 Å². The molecular formula is C12H7Cl2NO3S. The van der Waals surface area contributed by atoms with Gasteiger partial charge in [0, 0.05) is 5.02 Å². The van der Waals surface area contributed by atoms with Crippen molar-refractivity contribution >= 4 is 51.4 Å². The number of hydrogen-bond acceptors (Lipinski definition) is 3. The highest BCUT2D eigenvalue weighted by atomic mass is 35.5. The Hall–Kier alpha value is -1.56. The van der Waals surface area contributed by atoms with E-state index in [0.717, 1.165) is 11.3 Å². The first-order valence-electron chi connectivity index (χ1n) is 5.07. The molecule has 0 atom stereocenters. The van der Waals surface area contributed by atoms with Gasteiger partial charge in [-0.1, -0.05) is 23.2 Å². The first-order valence-corrected chi connectivity index (χ1v) is 6.64. The highest BCUT2D eigenvalue weighted by Crippen LogP contribution is 2.25. The molecule has 1 amide bonds. The van der Waals surface area contributed by atoms with Gasteiger partial charge in [-0.25, -0.2) is 4.79 Å². The molecule has 0 spiro atoms. The van der Waals surface area contributed by atoms with E-state index in [-0.39, 0.29) is 15.5 Å². The number of anilines is 1. The lowest BCUT2D eigenvalue weighted by Crippen LogP contribution is -2.11. The molecule has 0 aliphatic heterocycles. The van der Waals surface area contributed by atoms with Crippen LogP contribution in [-0.2, 0) is 0 Å². The third-order valence-electron chi connectivity index (χ3n) is 2.23. The molecule has 2 rings (SSSR count). The normalized spacial score (nSPS) is 10.2. The monoisotopic (exact) mass is 315 g/mol. The minimum atomic E-state index is -1.03. The molecule has 0 bridgehead atoms. The maximum Gasteiger partial charge on any atom is 0.345 e. The number of thiophene rings is 1. The number of nitrogens with one attached hydrogen (secondary N) is 1. The summed E-state index contributed by atoms with van der Waals surface area (Å²) in [4.78, 5) is 22.8. The van der Waals surface area contributed by atoms with Crippen LogP contribution in [0.5, 0.6) is 0 Å². The van der Waals surface area contributed by atoms with Gasteiger partial charge in [-0.05, 0) is 30.3 Å². The van der Waals surface area contributed by atoms with Crippen LogP contribution in [0.15, 0.2) is 30.3 Å². The molecule has 1 aromatic carbocycles. The Kier molecular flexibility index (Phi) is 4.09. The molecule has 0 radical (unpaired) electrons. The van der Waals surface area contributed by atoms with Crippen molar-refractivity contribution < 1.29 is 14.7 Å². The minimum absolute atomic E-state index is 0.150. The Morgan fingerprint density at radius 2 is 1.89 bits per heavy atom. The molecule has 2 aromatic rings. The third kappa shape index (κ3) is 3.26. The van der Waals surface area contributed by atoms with Crippen LogP contribution < -0.4 is 5.32 Å². The van der Waals surface area contributed by atoms with Gasteiger partial charge in [-0.3, -0.25) is 4.79 Å². The largest absolute Gasteiger partial charge is 0.477 e. The molecule has 0 fully saturated rings. The Morgan fingerprint density at radius 3 is 2.47 bits per heavy atom. The molecule has 19 heavy (non-hydrogen) atoms. The molecule has 1 aromatic heterocycles. The summed E-state index contributed by atoms with van der Waals surface area (Å²) in [6.45, 7) is 0. The van der Waals surface area contributed by atoms with Crippen LogP contribution in [0.1, 0.15) is 20.0 Å². The van der Waals surface area contributed by atoms with Gasteiger partial charge >= 0.3 is 5.97 Å². The molecule has 7 heteroatoms. The van der Waals surface area contributed by atoms with E-state index in [9.17, 15) is 9.59 Å². The van der Waals surface area contributed by atoms with Gasteiger partial charge in [0.15, 0.2) is 0 Å². The molecule has 1 heterocycles. The second kappa shape index (κ2) is 5.61. The highest BCUT2D eigenvalue weighted by molar-refractivity contribution is 7.18. The average Bonchev–Trinajstić information content (AvgIpc) is 2.77. The van der Waals surface area contributed by atoms with E-state index in [1.54, 1.807) is 6.07 Å². The summed E-state index contributed by atoms with van der Waals surface area (Å²) in [5.41, 5.74) is 0.274. The van der Waals surface area contributed by atoms with E-state index in [1.165, 1.54) is 24.3 Å². The predicted octanol–water partition coefficient (Wildman–Crippen LogP) is 4.01. The van der Waals surface area contributed by atoms with Crippen molar-refractivity contribution in [3.8, 4) is 0 Å². The first kappa shape index (κ1) is 13.9. The van der Waals surface area contributed by atoms with Crippen LogP contribution in [0.4, 0.5) is 5.00 Å². The van der Waals surface area contributed by atoms with Gasteiger partial charge in [-0.2, -0.15) is 0 Å². The van der Waals surface area contributed by atoms with Crippen LogP contribution in [-0.4, -0.2) is 17.0 Å². The van der Waals surface area contributed by atoms with E-state index in [0.29, 0.717) is 10.0 Å². The van der Waals surface area contributed by atoms with Crippen LogP contribution in [0.2, 0.25) is 10.0 Å². The smallest absolute Gasteiger partial charge is 0.345 e. The maximum atomic E-state index is 11.9. The Morgan fingerprint density at radius 1 is 1.16 bits per heavy atom. The van der Waals surface area contributed by atoms with Gasteiger partial charge < -0.3 is 10.4 Å². The summed E-state index contributed by atoms with van der Waals surface area (Å²) >= 11 is 12.6. The third-order valence-corrected chi connectivity index (χ3v) is 3.77. The molecule has 4 nitrogen and oxygen atoms in total. The Labute approximate surface area is 122 Å². The number of carbonyl (C=O) groups is 2. The predicted molar refractivity (Wildman–Crippen MR) is 75.7 cm³/mol. The number of rotatable bonds is 3. The zero-order chi connectivity index (χ0) is 14.0. The summed E-state index contributed by atoms with van der Waals surface area (Å²) < 4.78 is 0. The molecule has 0 saturated carbocycles. The fraction of sp³-hybridized carbons (Fsp3) is 0. The Bertz CT molecular complexity index is 654. The standard InChI is InChI=1S/C12H7Cl2NO3S/c13-6-1-2-7(8(14)5-6)11(16)15-10-4-3-9(19-10)12(17)18/h1-5H,(H,15,16)(H,17,18). The number of aromatic carboxylic acids is 1. The highest BCUT2D eigenvalue weighted by Gasteiger charge is 2.13. The fourth-order valence-electron chi connectivity index (χ4n) is 1.37. The lowest BCUT2D eigenvalue weighted by Gasteiger charge is -2.04. The maximum absolute atomic E-state index is 11.9. The zero-order valence-electron chi connectivity index (χ0n) is 9.31. The van der Waals surface area contributed by atoms with Crippen molar-refractivity contribution in [2.75, 3.05) is 5.32 Å². The molecule has 0 saturated heterocycles. The number of benzene rings is 1. The van der Waals surface area contributed by atoms with Crippen LogP contribution in [0.25, 0.3) is 0 Å². The van der Waals surface area contributed by atoms with E-state index < -0.39 is 11.9 Å². The number of carboxylic acids is 1. The van der Waals surface area contributed by atoms with Crippen LogP contribution in [0, 0.1) is 0 Å². The van der Waals surface area contributed by atoms with Crippen molar-refractivity contribution in [1.29, 1.82) is 0 Å². The van der Waals surface area contributed by atoms with Crippen molar-refractivity contribution in [3.63, 3.8) is 0 Å². The van der Waals surface area contributed by atoms with E-state index >= 15 is 0 Å². The molecule has 98 valence electrons. The summed E-state index contributed by atoms with van der Waals surface area (Å²) in [5.74, 6) is -1.45. The second-order valence-electron chi connectivity index (χ2n) is 3.55. The van der Waals surface area contributed by atoms with Crippen molar-refractivity contribution in [1.82, 2.24) is 0 Å². The van der Waals surface area contributed by atoms with Gasteiger partial charge in [0.1, 0.15) is 4.88 Å². The van der Waals surface area contributed by atoms with Crippen molar-refractivity contribution in [2.24, 2.45) is 0 Å². The quantitative estimate of drug-likeness (QED) is 0.899. The Balaban J connectivity index is 2.18. The molecular weight excluding hydrogens is 309 g/mol. The lowest BCUT2D eigenvalue weighted by atomic mass is 10.2. The number of carboxylic acid groups (broad SMARTS) is 1. The minimum Gasteiger partial charge on any atom is -0.477 e. The fourth-order valence-corrected chi connectivity index (χ4v) is 2.61. The van der Waals surface area contributed by atoms with E-state index in [1.807, 2.05) is 0 Å². The number of amides is 1. The lowest BCUT2D eigenvalue weighted by molar-refractivity contribution is 0.0702. The molecule has 2 N–H and O–H groups in total. The molecule has 0 aliphatic carbocycles. The summed E-state index contributed by atoms with van der Waals surface area (Å²) in [6, 6.07) is 7.47.